The molecule has 1 aromatic heterocycles. The second-order valence-corrected chi connectivity index (χ2v) is 8.16. The van der Waals surface area contributed by atoms with Crippen molar-refractivity contribution in [3.05, 3.63) is 70.0 Å². The van der Waals surface area contributed by atoms with Crippen LogP contribution in [0.15, 0.2) is 48.5 Å². The quantitative estimate of drug-likeness (QED) is 0.565. The van der Waals surface area contributed by atoms with Gasteiger partial charge in [-0.3, -0.25) is 4.79 Å². The molecule has 1 fully saturated rings. The first-order valence-corrected chi connectivity index (χ1v) is 10.7. The molecule has 0 radical (unpaired) electrons. The molecule has 1 amide bonds. The van der Waals surface area contributed by atoms with E-state index < -0.39 is 11.9 Å². The van der Waals surface area contributed by atoms with Gasteiger partial charge in [-0.05, 0) is 43.5 Å². The van der Waals surface area contributed by atoms with Crippen LogP contribution in [-0.2, 0) is 0 Å². The summed E-state index contributed by atoms with van der Waals surface area (Å²) in [6.07, 6.45) is 2.82. The monoisotopic (exact) mass is 455 g/mol. The number of hydrogen-bond donors (Lipinski definition) is 1. The van der Waals surface area contributed by atoms with E-state index in [2.05, 4.69) is 9.97 Å². The Morgan fingerprint density at radius 1 is 0.742 bits per heavy atom. The van der Waals surface area contributed by atoms with Crippen molar-refractivity contribution < 1.29 is 14.7 Å². The maximum atomic E-state index is 13.2. The summed E-state index contributed by atoms with van der Waals surface area (Å²) in [5.74, 6) is -1.71. The largest absolute Gasteiger partial charge is 0.476 e. The minimum Gasteiger partial charge on any atom is -0.476 e. The van der Waals surface area contributed by atoms with Gasteiger partial charge in [-0.15, -0.1) is 0 Å². The molecule has 3 aromatic rings. The smallest absolute Gasteiger partial charge is 0.357 e. The van der Waals surface area contributed by atoms with E-state index >= 15 is 0 Å². The van der Waals surface area contributed by atoms with Crippen LogP contribution in [0.2, 0.25) is 10.0 Å². The van der Waals surface area contributed by atoms with Gasteiger partial charge in [0.15, 0.2) is 11.4 Å². The highest BCUT2D eigenvalue weighted by molar-refractivity contribution is 6.31. The van der Waals surface area contributed by atoms with Crippen molar-refractivity contribution in [2.24, 2.45) is 0 Å². The first-order chi connectivity index (χ1) is 14.9. The lowest BCUT2D eigenvalue weighted by molar-refractivity contribution is 0.0656. The Balaban J connectivity index is 1.92. The minimum absolute atomic E-state index is 0.155. The summed E-state index contributed by atoms with van der Waals surface area (Å²) in [7, 11) is 0. The van der Waals surface area contributed by atoms with Gasteiger partial charge < -0.3 is 10.0 Å². The van der Waals surface area contributed by atoms with Crippen molar-refractivity contribution in [1.82, 2.24) is 14.9 Å². The molecule has 0 aliphatic carbocycles. The van der Waals surface area contributed by atoms with Crippen LogP contribution in [0, 0.1) is 0 Å². The van der Waals surface area contributed by atoms with Crippen LogP contribution in [0.1, 0.15) is 40.2 Å². The van der Waals surface area contributed by atoms with Crippen molar-refractivity contribution in [1.29, 1.82) is 0 Å². The first-order valence-electron chi connectivity index (χ1n) is 9.90. The zero-order valence-corrected chi connectivity index (χ0v) is 18.0. The van der Waals surface area contributed by atoms with Crippen LogP contribution in [0.25, 0.3) is 22.5 Å². The molecule has 1 N–H and O–H groups in total. The molecular formula is C23H19Cl2N3O3. The Hall–Kier alpha value is -2.96. The van der Waals surface area contributed by atoms with E-state index in [-0.39, 0.29) is 11.4 Å². The fourth-order valence-electron chi connectivity index (χ4n) is 3.60. The fraction of sp³-hybridized carbons (Fsp3) is 0.217. The van der Waals surface area contributed by atoms with Crippen LogP contribution in [0.3, 0.4) is 0 Å². The van der Waals surface area contributed by atoms with Gasteiger partial charge in [0.2, 0.25) is 0 Å². The number of likely N-dealkylation sites (tertiary alicyclic amines) is 1. The summed E-state index contributed by atoms with van der Waals surface area (Å²) < 4.78 is 0. The number of benzene rings is 2. The number of piperidine rings is 1. The molecule has 0 atom stereocenters. The number of nitrogens with zero attached hydrogens (tertiary/aromatic N) is 3. The molecule has 1 aliphatic rings. The maximum absolute atomic E-state index is 13.2. The number of amides is 1. The van der Waals surface area contributed by atoms with Crippen LogP contribution in [0.5, 0.6) is 0 Å². The standard InChI is InChI=1S/C23H19Cl2N3O3/c24-16-8-4-14(5-9-16)18-19(15-6-10-17(25)11-7-15)27-21(23(30)31)20(26-18)22(29)28-12-2-1-3-13-28/h4-11H,1-3,12-13H2,(H,30,31). The molecule has 0 spiro atoms. The lowest BCUT2D eigenvalue weighted by Gasteiger charge is -2.27. The number of carbonyl (C=O) groups is 2. The average Bonchev–Trinajstić information content (AvgIpc) is 2.79. The zero-order valence-electron chi connectivity index (χ0n) is 16.5. The number of aromatic carboxylic acids is 1. The highest BCUT2D eigenvalue weighted by Crippen LogP contribution is 2.32. The number of carboxylic acid groups (broad SMARTS) is 1. The van der Waals surface area contributed by atoms with E-state index in [0.717, 1.165) is 19.3 Å². The van der Waals surface area contributed by atoms with Crippen molar-refractivity contribution in [2.75, 3.05) is 13.1 Å². The molecule has 2 aromatic carbocycles. The van der Waals surface area contributed by atoms with Crippen LogP contribution < -0.4 is 0 Å². The fourth-order valence-corrected chi connectivity index (χ4v) is 3.85. The number of rotatable bonds is 4. The predicted molar refractivity (Wildman–Crippen MR) is 120 cm³/mol. The third-order valence-corrected chi connectivity index (χ3v) is 5.68. The van der Waals surface area contributed by atoms with E-state index in [0.29, 0.717) is 45.6 Å². The summed E-state index contributed by atoms with van der Waals surface area (Å²) in [6.45, 7) is 1.16. The summed E-state index contributed by atoms with van der Waals surface area (Å²) in [6, 6.07) is 13.8. The van der Waals surface area contributed by atoms with E-state index in [1.807, 2.05) is 0 Å². The van der Waals surface area contributed by atoms with Gasteiger partial charge in [0, 0.05) is 34.3 Å². The first kappa shape index (κ1) is 21.3. The van der Waals surface area contributed by atoms with Crippen molar-refractivity contribution in [3.8, 4) is 22.5 Å². The summed E-state index contributed by atoms with van der Waals surface area (Å²) in [4.78, 5) is 35.8. The van der Waals surface area contributed by atoms with Crippen molar-refractivity contribution in [3.63, 3.8) is 0 Å². The summed E-state index contributed by atoms with van der Waals surface area (Å²) in [5.41, 5.74) is 1.55. The van der Waals surface area contributed by atoms with E-state index in [4.69, 9.17) is 23.2 Å². The highest BCUT2D eigenvalue weighted by Gasteiger charge is 2.28. The lowest BCUT2D eigenvalue weighted by Crippen LogP contribution is -2.37. The summed E-state index contributed by atoms with van der Waals surface area (Å²) in [5, 5.41) is 10.9. The third-order valence-electron chi connectivity index (χ3n) is 5.18. The molecular weight excluding hydrogens is 437 g/mol. The number of carbonyl (C=O) groups excluding carboxylic acids is 1. The van der Waals surface area contributed by atoms with Gasteiger partial charge in [-0.2, -0.15) is 0 Å². The zero-order chi connectivity index (χ0) is 22.0. The lowest BCUT2D eigenvalue weighted by atomic mass is 10.0. The predicted octanol–water partition coefficient (Wildman–Crippen LogP) is 5.44. The number of aromatic nitrogens is 2. The Kier molecular flexibility index (Phi) is 6.20. The number of hydrogen-bond acceptors (Lipinski definition) is 4. The summed E-state index contributed by atoms with van der Waals surface area (Å²) >= 11 is 12.0. The minimum atomic E-state index is -1.30. The molecule has 1 saturated heterocycles. The van der Waals surface area contributed by atoms with E-state index in [9.17, 15) is 14.7 Å². The molecule has 31 heavy (non-hydrogen) atoms. The topological polar surface area (TPSA) is 83.4 Å². The van der Waals surface area contributed by atoms with Crippen LogP contribution in [-0.4, -0.2) is 44.9 Å². The Morgan fingerprint density at radius 2 is 1.19 bits per heavy atom. The van der Waals surface area contributed by atoms with Crippen molar-refractivity contribution >= 4 is 35.1 Å². The van der Waals surface area contributed by atoms with Crippen molar-refractivity contribution in [2.45, 2.75) is 19.3 Å². The molecule has 8 heteroatoms. The van der Waals surface area contributed by atoms with Gasteiger partial charge in [0.1, 0.15) is 0 Å². The average molecular weight is 456 g/mol. The molecule has 0 saturated carbocycles. The van der Waals surface area contributed by atoms with Gasteiger partial charge in [-0.25, -0.2) is 14.8 Å². The Labute approximate surface area is 189 Å². The molecule has 6 nitrogen and oxygen atoms in total. The SMILES string of the molecule is O=C(O)c1nc(-c2ccc(Cl)cc2)c(-c2ccc(Cl)cc2)nc1C(=O)N1CCCCC1. The van der Waals surface area contributed by atoms with Gasteiger partial charge in [0.25, 0.3) is 5.91 Å². The number of carboxylic acids is 1. The number of halogens is 2. The molecule has 158 valence electrons. The highest BCUT2D eigenvalue weighted by atomic mass is 35.5. The Bertz CT molecular complexity index is 1130. The molecule has 0 bridgehead atoms. The molecule has 4 rings (SSSR count). The van der Waals surface area contributed by atoms with E-state index in [1.54, 1.807) is 53.4 Å². The molecule has 0 unspecified atom stereocenters. The maximum Gasteiger partial charge on any atom is 0.357 e. The van der Waals surface area contributed by atoms with E-state index in [1.165, 1.54) is 0 Å². The normalized spacial score (nSPS) is 13.8. The Morgan fingerprint density at radius 3 is 1.65 bits per heavy atom. The second-order valence-electron chi connectivity index (χ2n) is 7.29. The molecule has 1 aliphatic heterocycles. The van der Waals surface area contributed by atoms with Crippen LogP contribution in [0.4, 0.5) is 0 Å². The van der Waals surface area contributed by atoms with Crippen LogP contribution >= 0.6 is 23.2 Å². The third kappa shape index (κ3) is 4.55. The van der Waals surface area contributed by atoms with Gasteiger partial charge in [0.05, 0.1) is 11.4 Å². The molecule has 2 heterocycles. The van der Waals surface area contributed by atoms with Gasteiger partial charge >= 0.3 is 5.97 Å². The van der Waals surface area contributed by atoms with Gasteiger partial charge in [-0.1, -0.05) is 47.5 Å². The second kappa shape index (κ2) is 9.04.